The molecule has 0 saturated heterocycles. The van der Waals surface area contributed by atoms with Crippen LogP contribution in [-0.4, -0.2) is 12.5 Å². The number of benzene rings is 1. The van der Waals surface area contributed by atoms with E-state index < -0.39 is 12.5 Å². The van der Waals surface area contributed by atoms with Gasteiger partial charge in [-0.25, -0.2) is 0 Å². The number of alkyl halides is 3. The second-order valence-corrected chi connectivity index (χ2v) is 9.63. The molecule has 1 aromatic rings. The van der Waals surface area contributed by atoms with Gasteiger partial charge in [-0.2, -0.15) is 0 Å². The summed E-state index contributed by atoms with van der Waals surface area (Å²) >= 11 is 0. The van der Waals surface area contributed by atoms with E-state index in [0.29, 0.717) is 31.6 Å². The molecule has 0 aliphatic heterocycles. The van der Waals surface area contributed by atoms with Crippen molar-refractivity contribution in [2.75, 3.05) is 0 Å². The molecule has 0 heterocycles. The summed E-state index contributed by atoms with van der Waals surface area (Å²) in [4.78, 5) is 0. The molecule has 3 rings (SSSR count). The largest absolute Gasteiger partial charge is 0.522 e. The van der Waals surface area contributed by atoms with Gasteiger partial charge in [0, 0.05) is 11.5 Å². The van der Waals surface area contributed by atoms with E-state index in [4.69, 9.17) is 0 Å². The first-order chi connectivity index (χ1) is 15.4. The zero-order valence-corrected chi connectivity index (χ0v) is 19.3. The van der Waals surface area contributed by atoms with Gasteiger partial charge in [0.2, 0.25) is 0 Å². The third-order valence-electron chi connectivity index (χ3n) is 7.46. The summed E-state index contributed by atoms with van der Waals surface area (Å²) in [6, 6.07) is 8.50. The van der Waals surface area contributed by atoms with Crippen molar-refractivity contribution in [3.8, 4) is 11.8 Å². The van der Waals surface area contributed by atoms with Crippen LogP contribution in [0.3, 0.4) is 0 Å². The summed E-state index contributed by atoms with van der Waals surface area (Å²) in [5, 5.41) is 0. The van der Waals surface area contributed by atoms with Gasteiger partial charge in [0.05, 0.1) is 6.10 Å². The first-order valence-corrected chi connectivity index (χ1v) is 12.3. The Bertz CT molecular complexity index is 755. The molecule has 0 amide bonds. The summed E-state index contributed by atoms with van der Waals surface area (Å²) in [6.45, 7) is 6.28. The monoisotopic (exact) mass is 446 g/mol. The number of hydrogen-bond acceptors (Lipinski definition) is 1. The smallest absolute Gasteiger partial charge is 0.289 e. The van der Waals surface area contributed by atoms with Crippen molar-refractivity contribution >= 4 is 0 Å². The van der Waals surface area contributed by atoms with Gasteiger partial charge in [-0.1, -0.05) is 49.8 Å². The van der Waals surface area contributed by atoms with Gasteiger partial charge in [0.15, 0.2) is 0 Å². The lowest BCUT2D eigenvalue weighted by Gasteiger charge is -2.32. The lowest BCUT2D eigenvalue weighted by molar-refractivity contribution is -0.345. The highest BCUT2D eigenvalue weighted by Crippen LogP contribution is 2.37. The number of aryl methyl sites for hydroxylation is 1. The van der Waals surface area contributed by atoms with Crippen molar-refractivity contribution in [2.24, 2.45) is 23.7 Å². The highest BCUT2D eigenvalue weighted by molar-refractivity contribution is 5.36. The van der Waals surface area contributed by atoms with Crippen molar-refractivity contribution in [3.63, 3.8) is 0 Å². The number of ether oxygens (including phenoxy) is 1. The van der Waals surface area contributed by atoms with E-state index in [1.807, 2.05) is 0 Å². The second kappa shape index (κ2) is 11.9. The van der Waals surface area contributed by atoms with E-state index in [9.17, 15) is 13.2 Å². The third-order valence-corrected chi connectivity index (χ3v) is 7.46. The highest BCUT2D eigenvalue weighted by atomic mass is 19.4. The Hall–Kier alpha value is -1.73. The van der Waals surface area contributed by atoms with Crippen LogP contribution in [0.25, 0.3) is 0 Å². The molecule has 1 nitrogen and oxygen atoms in total. The van der Waals surface area contributed by atoms with Gasteiger partial charge in [-0.3, -0.25) is 4.74 Å². The van der Waals surface area contributed by atoms with Crippen LogP contribution in [0.5, 0.6) is 0 Å². The van der Waals surface area contributed by atoms with E-state index in [1.165, 1.54) is 44.1 Å². The van der Waals surface area contributed by atoms with Crippen LogP contribution in [0.15, 0.2) is 36.9 Å². The van der Waals surface area contributed by atoms with Crippen molar-refractivity contribution < 1.29 is 17.9 Å². The fourth-order valence-electron chi connectivity index (χ4n) is 5.42. The van der Waals surface area contributed by atoms with Gasteiger partial charge in [-0.15, -0.1) is 19.8 Å². The number of hydrogen-bond donors (Lipinski definition) is 0. The maximum absolute atomic E-state index is 12.3. The summed E-state index contributed by atoms with van der Waals surface area (Å²) < 4.78 is 41.1. The standard InChI is InChI=1S/C28H37F3O/c1-3-25(4-2)26-17-13-23(14-18-26)11-9-21-5-7-22(8-6-21)10-12-24-15-19-27(20-16-24)32-28(29,30)31/h3,5-8,23-27H,1,4,9,11,13-20H2,2H3/t23-,24-,25?,26-,27-. The summed E-state index contributed by atoms with van der Waals surface area (Å²) in [6.07, 6.45) is 8.04. The van der Waals surface area contributed by atoms with Gasteiger partial charge < -0.3 is 0 Å². The Morgan fingerprint density at radius 1 is 1.03 bits per heavy atom. The second-order valence-electron chi connectivity index (χ2n) is 9.63. The minimum absolute atomic E-state index is 0.159. The molecule has 0 aromatic heterocycles. The fourth-order valence-corrected chi connectivity index (χ4v) is 5.42. The van der Waals surface area contributed by atoms with Crippen molar-refractivity contribution in [1.82, 2.24) is 0 Å². The molecule has 2 aliphatic rings. The minimum atomic E-state index is -4.53. The maximum Gasteiger partial charge on any atom is 0.522 e. The zero-order chi connectivity index (χ0) is 23.0. The van der Waals surface area contributed by atoms with Crippen molar-refractivity contribution in [3.05, 3.63) is 48.0 Å². The van der Waals surface area contributed by atoms with Crippen LogP contribution in [0.2, 0.25) is 0 Å². The number of rotatable bonds is 7. The Morgan fingerprint density at radius 2 is 1.69 bits per heavy atom. The molecular formula is C28H37F3O. The van der Waals surface area contributed by atoms with Gasteiger partial charge in [0.25, 0.3) is 0 Å². The molecule has 0 radical (unpaired) electrons. The maximum atomic E-state index is 12.3. The normalized spacial score (nSPS) is 27.2. The molecule has 4 heteroatoms. The minimum Gasteiger partial charge on any atom is -0.289 e. The Labute approximate surface area is 191 Å². The van der Waals surface area contributed by atoms with Gasteiger partial charge in [-0.05, 0) is 93.2 Å². The Kier molecular flexibility index (Phi) is 9.29. The molecule has 1 aromatic carbocycles. The van der Waals surface area contributed by atoms with Gasteiger partial charge in [0.1, 0.15) is 0 Å². The molecule has 0 spiro atoms. The topological polar surface area (TPSA) is 9.23 Å². The van der Waals surface area contributed by atoms with Crippen LogP contribution in [0.4, 0.5) is 13.2 Å². The average Bonchev–Trinajstić information content (AvgIpc) is 2.78. The van der Waals surface area contributed by atoms with E-state index in [0.717, 1.165) is 23.8 Å². The fraction of sp³-hybridized carbons (Fsp3) is 0.643. The molecule has 1 unspecified atom stereocenters. The van der Waals surface area contributed by atoms with Crippen LogP contribution in [0.1, 0.15) is 82.3 Å². The lowest BCUT2D eigenvalue weighted by Crippen LogP contribution is -2.27. The molecule has 1 atom stereocenters. The molecule has 176 valence electrons. The predicted molar refractivity (Wildman–Crippen MR) is 124 cm³/mol. The third kappa shape index (κ3) is 8.00. The van der Waals surface area contributed by atoms with Crippen LogP contribution >= 0.6 is 0 Å². The lowest BCUT2D eigenvalue weighted by atomic mass is 9.73. The van der Waals surface area contributed by atoms with Crippen molar-refractivity contribution in [2.45, 2.75) is 90.0 Å². The van der Waals surface area contributed by atoms with E-state index in [-0.39, 0.29) is 5.92 Å². The SMILES string of the molecule is C=CC(CC)[C@H]1CC[C@H](CCc2ccc(C#C[C@H]3CC[C@H](OC(F)(F)F)CC3)cc2)CC1. The van der Waals surface area contributed by atoms with E-state index in [2.05, 4.69) is 60.4 Å². The molecule has 32 heavy (non-hydrogen) atoms. The molecular weight excluding hydrogens is 409 g/mol. The zero-order valence-electron chi connectivity index (χ0n) is 19.3. The van der Waals surface area contributed by atoms with Gasteiger partial charge >= 0.3 is 6.36 Å². The van der Waals surface area contributed by atoms with Crippen molar-refractivity contribution in [1.29, 1.82) is 0 Å². The highest BCUT2D eigenvalue weighted by Gasteiger charge is 2.35. The Morgan fingerprint density at radius 3 is 2.25 bits per heavy atom. The van der Waals surface area contributed by atoms with Crippen LogP contribution < -0.4 is 0 Å². The molecule has 0 bridgehead atoms. The quantitative estimate of drug-likeness (QED) is 0.304. The summed E-state index contributed by atoms with van der Waals surface area (Å²) in [5.41, 5.74) is 2.35. The first kappa shape index (κ1) is 24.9. The molecule has 2 fully saturated rings. The molecule has 2 saturated carbocycles. The summed E-state index contributed by atoms with van der Waals surface area (Å²) in [5.74, 6) is 8.98. The molecule has 0 N–H and O–H groups in total. The number of allylic oxidation sites excluding steroid dienone is 1. The van der Waals surface area contributed by atoms with E-state index >= 15 is 0 Å². The average molecular weight is 447 g/mol. The first-order valence-electron chi connectivity index (χ1n) is 12.3. The molecule has 2 aliphatic carbocycles. The number of halogens is 3. The summed E-state index contributed by atoms with van der Waals surface area (Å²) in [7, 11) is 0. The van der Waals surface area contributed by atoms with E-state index in [1.54, 1.807) is 0 Å². The van der Waals surface area contributed by atoms with Crippen LogP contribution in [0, 0.1) is 35.5 Å². The van der Waals surface area contributed by atoms with Crippen LogP contribution in [-0.2, 0) is 11.2 Å². The predicted octanol–water partition coefficient (Wildman–Crippen LogP) is 8.08. The Balaban J connectivity index is 1.39.